The first-order chi connectivity index (χ1) is 30.0. The fourth-order valence-corrected chi connectivity index (χ4v) is 7.95. The van der Waals surface area contributed by atoms with Crippen molar-refractivity contribution < 1.29 is 33.4 Å². The monoisotopic (exact) mass is 871 g/mol. The first-order valence-corrected chi connectivity index (χ1v) is 20.0. The minimum absolute atomic E-state index is 0.0140. The fourth-order valence-electron chi connectivity index (χ4n) is 7.95. The van der Waals surface area contributed by atoms with Crippen LogP contribution in [0.3, 0.4) is 0 Å². The van der Waals surface area contributed by atoms with Crippen LogP contribution in [0.4, 0.5) is 30.6 Å². The number of piperazine rings is 2. The number of pyridine rings is 2. The molecule has 2 aromatic carbocycles. The van der Waals surface area contributed by atoms with E-state index in [4.69, 9.17) is 28.0 Å². The molecule has 0 radical (unpaired) electrons. The van der Waals surface area contributed by atoms with Crippen LogP contribution in [0, 0.1) is 22.5 Å². The van der Waals surface area contributed by atoms with Gasteiger partial charge in [0, 0.05) is 82.2 Å². The molecule has 0 atom stereocenters. The van der Waals surface area contributed by atoms with Crippen molar-refractivity contribution in [2.75, 3.05) is 67.9 Å². The highest BCUT2D eigenvalue weighted by Crippen LogP contribution is 2.40. The molecule has 0 unspecified atom stereocenters. The first kappa shape index (κ1) is 41.9. The van der Waals surface area contributed by atoms with Crippen LogP contribution in [-0.4, -0.2) is 123 Å². The van der Waals surface area contributed by atoms with Gasteiger partial charge in [0.25, 0.3) is 0 Å². The van der Waals surface area contributed by atoms with Gasteiger partial charge in [0.2, 0.25) is 34.7 Å². The van der Waals surface area contributed by atoms with Crippen LogP contribution in [0.2, 0.25) is 0 Å². The number of rotatable bonds is 6. The molecule has 24 heteroatoms. The minimum atomic E-state index is -1.43. The van der Waals surface area contributed by atoms with Crippen molar-refractivity contribution in [3.63, 3.8) is 0 Å². The zero-order chi connectivity index (χ0) is 45.0. The van der Waals surface area contributed by atoms with E-state index in [1.165, 1.54) is 18.5 Å². The number of fused-ring (bicyclic) bond motifs is 2. The van der Waals surface area contributed by atoms with Crippen LogP contribution in [0.5, 0.6) is 0 Å². The number of nitrogens with zero attached hydrogens (tertiary/aromatic N) is 8. The molecule has 2 saturated heterocycles. The van der Waals surface area contributed by atoms with Crippen LogP contribution < -0.4 is 48.5 Å². The van der Waals surface area contributed by atoms with E-state index in [0.29, 0.717) is 11.0 Å². The number of carbonyl (C=O) groups is 3. The molecule has 4 fully saturated rings. The van der Waals surface area contributed by atoms with Crippen molar-refractivity contribution in [2.24, 2.45) is 21.5 Å². The van der Waals surface area contributed by atoms with Gasteiger partial charge in [0.1, 0.15) is 16.9 Å². The average molecular weight is 872 g/mol. The lowest BCUT2D eigenvalue weighted by molar-refractivity contribution is 0.0684. The summed E-state index contributed by atoms with van der Waals surface area (Å²) in [7, 11) is 0. The molecular formula is C39H43F2N15O7. The number of benzene rings is 2. The van der Waals surface area contributed by atoms with Gasteiger partial charge in [-0.3, -0.25) is 31.0 Å². The number of hydrogen-bond acceptors (Lipinski definition) is 10. The lowest BCUT2D eigenvalue weighted by atomic mass is 10.1. The average Bonchev–Trinajstić information content (AvgIpc) is 4.18. The Hall–Kier alpha value is -7.79. The summed E-state index contributed by atoms with van der Waals surface area (Å²) in [6, 6.07) is 3.14. The number of aromatic nitrogens is 2. The Kier molecular flexibility index (Phi) is 10.8. The number of nitrogen functional groups attached to an aromatic ring is 1. The number of hydrogen-bond donors (Lipinski definition) is 9. The lowest BCUT2D eigenvalue weighted by Crippen LogP contribution is -2.51. The number of guanidine groups is 4. The molecule has 2 aliphatic carbocycles. The Morgan fingerprint density at radius 1 is 0.683 bits per heavy atom. The molecule has 4 aliphatic rings. The highest BCUT2D eigenvalue weighted by molar-refractivity contribution is 6.07. The maximum Gasteiger partial charge on any atom is 0.341 e. The maximum absolute atomic E-state index is 15.7. The van der Waals surface area contributed by atoms with Crippen molar-refractivity contribution in [1.29, 1.82) is 10.8 Å². The lowest BCUT2D eigenvalue weighted by Gasteiger charge is -2.36. The van der Waals surface area contributed by atoms with Crippen molar-refractivity contribution in [1.82, 2.24) is 29.6 Å². The highest BCUT2D eigenvalue weighted by atomic mass is 19.1. The smallest absolute Gasteiger partial charge is 0.341 e. The summed E-state index contributed by atoms with van der Waals surface area (Å²) in [5.74, 6) is -5.84. The number of aliphatic imine (C=N–C) groups is 2. The van der Waals surface area contributed by atoms with E-state index in [0.717, 1.165) is 31.7 Å². The predicted molar refractivity (Wildman–Crippen MR) is 229 cm³/mol. The van der Waals surface area contributed by atoms with Crippen LogP contribution in [0.1, 0.15) is 58.5 Å². The third-order valence-corrected chi connectivity index (χ3v) is 11.5. The number of nitrogens with one attached hydrogen (secondary N) is 4. The number of nitrogens with two attached hydrogens (primary N) is 3. The van der Waals surface area contributed by atoms with E-state index < -0.39 is 69.2 Å². The zero-order valence-corrected chi connectivity index (χ0v) is 33.5. The Morgan fingerprint density at radius 2 is 1.13 bits per heavy atom. The maximum atomic E-state index is 15.7. The second kappa shape index (κ2) is 16.2. The summed E-state index contributed by atoms with van der Waals surface area (Å²) in [4.78, 5) is 76.4. The van der Waals surface area contributed by atoms with Crippen LogP contribution in [0.25, 0.3) is 21.8 Å². The molecule has 2 amide bonds. The summed E-state index contributed by atoms with van der Waals surface area (Å²) in [6.45, 7) is 1.79. The van der Waals surface area contributed by atoms with E-state index >= 15 is 8.78 Å². The molecule has 22 nitrogen and oxygen atoms in total. The van der Waals surface area contributed by atoms with Gasteiger partial charge in [-0.1, -0.05) is 0 Å². The molecule has 63 heavy (non-hydrogen) atoms. The van der Waals surface area contributed by atoms with Crippen LogP contribution in [0.15, 0.2) is 50.2 Å². The largest absolute Gasteiger partial charge is 0.477 e. The second-order valence-electron chi connectivity index (χ2n) is 15.6. The second-order valence-corrected chi connectivity index (χ2v) is 15.6. The van der Waals surface area contributed by atoms with Gasteiger partial charge in [-0.05, 0) is 43.9 Å². The summed E-state index contributed by atoms with van der Waals surface area (Å²) in [5.41, 5.74) is 16.1. The van der Waals surface area contributed by atoms with E-state index in [2.05, 4.69) is 20.6 Å². The molecule has 12 N–H and O–H groups in total. The van der Waals surface area contributed by atoms with Gasteiger partial charge in [-0.15, -0.1) is 0 Å². The normalized spacial score (nSPS) is 17.3. The molecule has 4 aromatic rings. The molecule has 0 bridgehead atoms. The zero-order valence-electron chi connectivity index (χ0n) is 33.5. The standard InChI is InChI=1S/C39H43F2N15O7/c40-23-13-20-24(55(18-1-2-18)16-21(31(20)57)33(59)60)14-25(23)51-5-9-53(10-6-51)37(45)47-35(43)49-39(63)50-36(44)48-38(46)54-11-7-52(8-12-54)27-15-26-28(30(42)29(27)41)32(58)22(34(61)62)17-56(26)19-3-4-19/h13-19H,1-12,42H2,(H,59,60)(H,61,62)(H8,43,44,45,46,47,48,49,50,63). The Labute approximate surface area is 354 Å². The van der Waals surface area contributed by atoms with Gasteiger partial charge in [-0.2, -0.15) is 9.98 Å². The number of carboxylic acids is 2. The number of halogens is 2. The van der Waals surface area contributed by atoms with E-state index in [1.807, 2.05) is 0 Å². The number of urea groups is 1. The van der Waals surface area contributed by atoms with Crippen LogP contribution in [-0.2, 0) is 0 Å². The van der Waals surface area contributed by atoms with E-state index in [9.17, 15) is 34.2 Å². The van der Waals surface area contributed by atoms with Crippen molar-refractivity contribution in [2.45, 2.75) is 37.8 Å². The first-order valence-electron chi connectivity index (χ1n) is 20.0. The van der Waals surface area contributed by atoms with E-state index in [1.54, 1.807) is 34.8 Å². The number of carboxylic acid groups (broad SMARTS) is 2. The molecule has 4 heterocycles. The number of amides is 2. The van der Waals surface area contributed by atoms with Crippen molar-refractivity contribution in [3.05, 3.63) is 73.8 Å². The number of anilines is 3. The quantitative estimate of drug-likeness (QED) is 0.0742. The molecular weight excluding hydrogens is 829 g/mol. The van der Waals surface area contributed by atoms with Crippen LogP contribution >= 0.6 is 0 Å². The molecule has 2 aromatic heterocycles. The molecule has 330 valence electrons. The summed E-state index contributed by atoms with van der Waals surface area (Å²) >= 11 is 0. The third-order valence-electron chi connectivity index (χ3n) is 11.5. The molecule has 2 saturated carbocycles. The molecule has 2 aliphatic heterocycles. The van der Waals surface area contributed by atoms with Crippen molar-refractivity contribution >= 4 is 80.7 Å². The third kappa shape index (κ3) is 8.20. The van der Waals surface area contributed by atoms with Gasteiger partial charge < -0.3 is 56.1 Å². The van der Waals surface area contributed by atoms with Gasteiger partial charge >= 0.3 is 18.0 Å². The topological polar surface area (TPSA) is 323 Å². The fraction of sp³-hybridized carbons (Fsp3) is 0.359. The summed E-state index contributed by atoms with van der Waals surface area (Å²) in [5, 5.41) is 40.2. The van der Waals surface area contributed by atoms with E-state index in [-0.39, 0.29) is 98.5 Å². The number of carbonyl (C=O) groups excluding carboxylic acids is 1. The molecule has 8 rings (SSSR count). The Morgan fingerprint density at radius 3 is 1.60 bits per heavy atom. The summed E-state index contributed by atoms with van der Waals surface area (Å²) < 4.78 is 34.5. The SMILES string of the molecule is N=C(/N=C(\N)NC(=O)N/C(N)=N/C(=N)N1CCN(c2cc3c(c(N)c2F)c(=O)c(C(=O)O)cn3C2CC2)CC1)N1CCN(c2cc3c(cc2F)c(=O)c(C(=O)O)cn3C2CC2)CC1. The Balaban J connectivity index is 0.839. The van der Waals surface area contributed by atoms with Gasteiger partial charge in [0.05, 0.1) is 33.5 Å². The van der Waals surface area contributed by atoms with Crippen molar-refractivity contribution in [3.8, 4) is 0 Å². The number of aromatic carboxylic acids is 2. The summed E-state index contributed by atoms with van der Waals surface area (Å²) in [6.07, 6.45) is 5.74. The predicted octanol–water partition coefficient (Wildman–Crippen LogP) is 0.985. The highest BCUT2D eigenvalue weighted by Gasteiger charge is 2.32. The van der Waals surface area contributed by atoms with Gasteiger partial charge in [0.15, 0.2) is 5.82 Å². The molecule has 0 spiro atoms. The van der Waals surface area contributed by atoms with Gasteiger partial charge in [-0.25, -0.2) is 23.2 Å². The Bertz CT molecular complexity index is 2820. The minimum Gasteiger partial charge on any atom is -0.477 e.